The molecule has 0 fully saturated rings. The molecule has 0 aromatic heterocycles. The van der Waals surface area contributed by atoms with Crippen LogP contribution in [0, 0.1) is 0 Å². The van der Waals surface area contributed by atoms with Crippen molar-refractivity contribution in [3.8, 4) is 0 Å². The minimum atomic E-state index is 0.0460. The molecule has 0 saturated heterocycles. The van der Waals surface area contributed by atoms with Crippen LogP contribution in [0.4, 0.5) is 0 Å². The van der Waals surface area contributed by atoms with E-state index in [4.69, 9.17) is 0 Å². The fourth-order valence-electron chi connectivity index (χ4n) is 1.62. The van der Waals surface area contributed by atoms with E-state index in [2.05, 4.69) is 40.4 Å². The number of benzene rings is 1. The van der Waals surface area contributed by atoms with Gasteiger partial charge in [-0.1, -0.05) is 41.9 Å². The van der Waals surface area contributed by atoms with Gasteiger partial charge in [0.2, 0.25) is 5.91 Å². The quantitative estimate of drug-likeness (QED) is 0.847. The van der Waals surface area contributed by atoms with Gasteiger partial charge in [0.1, 0.15) is 0 Å². The van der Waals surface area contributed by atoms with Crippen LogP contribution < -0.4 is 10.6 Å². The fourth-order valence-corrected chi connectivity index (χ4v) is 1.89. The molecule has 1 atom stereocenters. The topological polar surface area (TPSA) is 41.1 Å². The third-order valence-electron chi connectivity index (χ3n) is 2.65. The van der Waals surface area contributed by atoms with Gasteiger partial charge in [-0.15, -0.1) is 0 Å². The Labute approximate surface area is 117 Å². The Morgan fingerprint density at radius 2 is 1.83 bits per heavy atom. The molecule has 0 saturated carbocycles. The van der Waals surface area contributed by atoms with E-state index in [1.807, 2.05) is 31.2 Å². The van der Waals surface area contributed by atoms with E-state index in [0.29, 0.717) is 12.5 Å². The zero-order chi connectivity index (χ0) is 13.5. The molecule has 4 heteroatoms. The Hall–Kier alpha value is -0.870. The number of nitrogens with one attached hydrogen (secondary N) is 2. The van der Waals surface area contributed by atoms with Crippen LogP contribution in [-0.4, -0.2) is 18.5 Å². The normalized spacial score (nSPS) is 12.5. The molecule has 1 aromatic rings. The van der Waals surface area contributed by atoms with Crippen LogP contribution in [0.15, 0.2) is 28.7 Å². The van der Waals surface area contributed by atoms with E-state index >= 15 is 0 Å². The lowest BCUT2D eigenvalue weighted by atomic mass is 10.1. The number of rotatable bonds is 6. The summed E-state index contributed by atoms with van der Waals surface area (Å²) in [6, 6.07) is 8.46. The Morgan fingerprint density at radius 1 is 1.22 bits per heavy atom. The maximum atomic E-state index is 11.7. The molecule has 100 valence electrons. The number of hydrogen-bond acceptors (Lipinski definition) is 2. The summed E-state index contributed by atoms with van der Waals surface area (Å²) in [5.74, 6) is 0.0820. The third-order valence-corrected chi connectivity index (χ3v) is 3.18. The highest BCUT2D eigenvalue weighted by Gasteiger charge is 2.09. The summed E-state index contributed by atoms with van der Waals surface area (Å²) in [6.07, 6.45) is 0.513. The highest BCUT2D eigenvalue weighted by molar-refractivity contribution is 9.10. The van der Waals surface area contributed by atoms with Crippen molar-refractivity contribution in [3.63, 3.8) is 0 Å². The smallest absolute Gasteiger partial charge is 0.221 e. The van der Waals surface area contributed by atoms with Crippen LogP contribution in [0.3, 0.4) is 0 Å². The van der Waals surface area contributed by atoms with Crippen LogP contribution in [-0.2, 0) is 4.79 Å². The zero-order valence-electron chi connectivity index (χ0n) is 11.2. The number of carbonyl (C=O) groups excluding carboxylic acids is 1. The van der Waals surface area contributed by atoms with Crippen molar-refractivity contribution in [1.82, 2.24) is 10.6 Å². The summed E-state index contributed by atoms with van der Waals surface area (Å²) < 4.78 is 1.05. The minimum absolute atomic E-state index is 0.0460. The molecule has 2 N–H and O–H groups in total. The van der Waals surface area contributed by atoms with Crippen molar-refractivity contribution in [1.29, 1.82) is 0 Å². The lowest BCUT2D eigenvalue weighted by Gasteiger charge is -2.15. The maximum Gasteiger partial charge on any atom is 0.221 e. The zero-order valence-corrected chi connectivity index (χ0v) is 12.8. The molecular weight excluding hydrogens is 292 g/mol. The first-order valence-corrected chi connectivity index (χ1v) is 7.06. The molecule has 0 bridgehead atoms. The van der Waals surface area contributed by atoms with Gasteiger partial charge in [-0.3, -0.25) is 4.79 Å². The van der Waals surface area contributed by atoms with Gasteiger partial charge in [0.25, 0.3) is 0 Å². The van der Waals surface area contributed by atoms with Gasteiger partial charge in [-0.2, -0.15) is 0 Å². The highest BCUT2D eigenvalue weighted by Crippen LogP contribution is 2.16. The van der Waals surface area contributed by atoms with Gasteiger partial charge >= 0.3 is 0 Å². The first-order valence-electron chi connectivity index (χ1n) is 6.27. The Morgan fingerprint density at radius 3 is 2.39 bits per heavy atom. The van der Waals surface area contributed by atoms with Crippen molar-refractivity contribution in [2.24, 2.45) is 0 Å². The summed E-state index contributed by atoms with van der Waals surface area (Å²) in [6.45, 7) is 6.86. The van der Waals surface area contributed by atoms with Crippen molar-refractivity contribution >= 4 is 21.8 Å². The van der Waals surface area contributed by atoms with Crippen LogP contribution in [0.25, 0.3) is 0 Å². The van der Waals surface area contributed by atoms with E-state index < -0.39 is 0 Å². The Bertz CT molecular complexity index is 376. The third kappa shape index (κ3) is 5.65. The van der Waals surface area contributed by atoms with E-state index in [1.165, 1.54) is 0 Å². The molecule has 0 aliphatic heterocycles. The number of hydrogen-bond donors (Lipinski definition) is 2. The monoisotopic (exact) mass is 312 g/mol. The van der Waals surface area contributed by atoms with Gasteiger partial charge in [-0.05, 0) is 24.6 Å². The molecule has 1 amide bonds. The molecule has 18 heavy (non-hydrogen) atoms. The van der Waals surface area contributed by atoms with E-state index in [0.717, 1.165) is 16.6 Å². The number of carbonyl (C=O) groups is 1. The average Bonchev–Trinajstić information content (AvgIpc) is 2.29. The maximum absolute atomic E-state index is 11.7. The number of halogens is 1. The fraction of sp³-hybridized carbons (Fsp3) is 0.500. The van der Waals surface area contributed by atoms with E-state index in [1.54, 1.807) is 0 Å². The van der Waals surface area contributed by atoms with Crippen molar-refractivity contribution in [3.05, 3.63) is 34.3 Å². The van der Waals surface area contributed by atoms with Crippen LogP contribution in [0.5, 0.6) is 0 Å². The second kappa shape index (κ2) is 7.54. The predicted molar refractivity (Wildman–Crippen MR) is 78.5 cm³/mol. The van der Waals surface area contributed by atoms with Gasteiger partial charge in [0.05, 0.1) is 6.04 Å². The standard InChI is InChI=1S/C14H21BrN2O/c1-10(2)16-9-8-14(18)17-11(3)12-4-6-13(15)7-5-12/h4-7,10-11,16H,8-9H2,1-3H3,(H,17,18)/t11-/m1/s1. The highest BCUT2D eigenvalue weighted by atomic mass is 79.9. The molecule has 0 heterocycles. The summed E-state index contributed by atoms with van der Waals surface area (Å²) >= 11 is 3.40. The van der Waals surface area contributed by atoms with E-state index in [9.17, 15) is 4.79 Å². The Balaban J connectivity index is 2.37. The first-order chi connectivity index (χ1) is 8.49. The molecular formula is C14H21BrN2O. The first kappa shape index (κ1) is 15.2. The summed E-state index contributed by atoms with van der Waals surface area (Å²) in [5.41, 5.74) is 1.11. The van der Waals surface area contributed by atoms with Gasteiger partial charge in [0.15, 0.2) is 0 Å². The lowest BCUT2D eigenvalue weighted by Crippen LogP contribution is -2.31. The predicted octanol–water partition coefficient (Wildman–Crippen LogP) is 3.01. The molecule has 3 nitrogen and oxygen atoms in total. The molecule has 0 spiro atoms. The van der Waals surface area contributed by atoms with Gasteiger partial charge < -0.3 is 10.6 Å². The average molecular weight is 313 g/mol. The second-order valence-corrected chi connectivity index (χ2v) is 5.62. The molecule has 0 aliphatic rings. The molecule has 1 rings (SSSR count). The van der Waals surface area contributed by atoms with Gasteiger partial charge in [0, 0.05) is 23.5 Å². The second-order valence-electron chi connectivity index (χ2n) is 4.70. The van der Waals surface area contributed by atoms with Gasteiger partial charge in [-0.25, -0.2) is 0 Å². The molecule has 0 aliphatic carbocycles. The van der Waals surface area contributed by atoms with Crippen LogP contribution >= 0.6 is 15.9 Å². The van der Waals surface area contributed by atoms with Crippen molar-refractivity contribution in [2.45, 2.75) is 39.3 Å². The summed E-state index contributed by atoms with van der Waals surface area (Å²) in [7, 11) is 0. The summed E-state index contributed by atoms with van der Waals surface area (Å²) in [5, 5.41) is 6.22. The summed E-state index contributed by atoms with van der Waals surface area (Å²) in [4.78, 5) is 11.7. The largest absolute Gasteiger partial charge is 0.350 e. The molecule has 0 unspecified atom stereocenters. The Kier molecular flexibility index (Phi) is 6.36. The lowest BCUT2D eigenvalue weighted by molar-refractivity contribution is -0.121. The molecule has 1 aromatic carbocycles. The van der Waals surface area contributed by atoms with Crippen molar-refractivity contribution < 1.29 is 4.79 Å². The minimum Gasteiger partial charge on any atom is -0.350 e. The SMILES string of the molecule is CC(C)NCCC(=O)N[C@H](C)c1ccc(Br)cc1. The van der Waals surface area contributed by atoms with Crippen LogP contribution in [0.1, 0.15) is 38.8 Å². The van der Waals surface area contributed by atoms with Crippen LogP contribution in [0.2, 0.25) is 0 Å². The number of amides is 1. The van der Waals surface area contributed by atoms with E-state index in [-0.39, 0.29) is 11.9 Å². The molecule has 0 radical (unpaired) electrons. The van der Waals surface area contributed by atoms with Crippen molar-refractivity contribution in [2.75, 3.05) is 6.54 Å².